The lowest BCUT2D eigenvalue weighted by Crippen LogP contribution is -2.27. The number of esters is 1. The van der Waals surface area contributed by atoms with Crippen LogP contribution in [0.5, 0.6) is 0 Å². The molecule has 0 radical (unpaired) electrons. The molecule has 94 valence electrons. The van der Waals surface area contributed by atoms with E-state index in [4.69, 9.17) is 0 Å². The van der Waals surface area contributed by atoms with E-state index in [0.717, 1.165) is 12.8 Å². The molecule has 0 N–H and O–H groups in total. The molecule has 3 heteroatoms. The van der Waals surface area contributed by atoms with Crippen molar-refractivity contribution in [3.05, 3.63) is 0 Å². The van der Waals surface area contributed by atoms with E-state index >= 15 is 0 Å². The lowest BCUT2D eigenvalue weighted by atomic mass is 9.91. The molecular weight excluding hydrogens is 204 g/mol. The van der Waals surface area contributed by atoms with E-state index in [1.807, 2.05) is 6.92 Å². The maximum atomic E-state index is 11.8. The minimum Gasteiger partial charge on any atom is -0.468 e. The van der Waals surface area contributed by atoms with Crippen molar-refractivity contribution < 1.29 is 14.3 Å². The van der Waals surface area contributed by atoms with Crippen LogP contribution in [0.3, 0.4) is 0 Å². The quantitative estimate of drug-likeness (QED) is 0.364. The highest BCUT2D eigenvalue weighted by Gasteiger charge is 2.26. The topological polar surface area (TPSA) is 43.4 Å². The molecule has 0 rings (SSSR count). The van der Waals surface area contributed by atoms with Crippen molar-refractivity contribution in [1.82, 2.24) is 0 Å². The van der Waals surface area contributed by atoms with Crippen molar-refractivity contribution in [3.8, 4) is 0 Å². The van der Waals surface area contributed by atoms with Crippen LogP contribution in [0, 0.1) is 11.8 Å². The smallest absolute Gasteiger partial charge is 0.315 e. The molecule has 0 aromatic rings. The van der Waals surface area contributed by atoms with Crippen LogP contribution in [0.4, 0.5) is 0 Å². The van der Waals surface area contributed by atoms with Gasteiger partial charge in [0.25, 0.3) is 0 Å². The van der Waals surface area contributed by atoms with Crippen molar-refractivity contribution in [2.24, 2.45) is 11.8 Å². The lowest BCUT2D eigenvalue weighted by Gasteiger charge is -2.14. The van der Waals surface area contributed by atoms with Gasteiger partial charge in [-0.3, -0.25) is 9.59 Å². The maximum Gasteiger partial charge on any atom is 0.315 e. The minimum absolute atomic E-state index is 0.00310. The summed E-state index contributed by atoms with van der Waals surface area (Å²) in [4.78, 5) is 23.0. The summed E-state index contributed by atoms with van der Waals surface area (Å²) in [6.07, 6.45) is 5.52. The van der Waals surface area contributed by atoms with E-state index in [9.17, 15) is 9.59 Å². The highest BCUT2D eigenvalue weighted by atomic mass is 16.5. The molecule has 0 aliphatic heterocycles. The number of ether oxygens (including phenoxy) is 1. The van der Waals surface area contributed by atoms with Gasteiger partial charge in [0.15, 0.2) is 0 Å². The Morgan fingerprint density at radius 2 is 1.75 bits per heavy atom. The fraction of sp³-hybridized carbons (Fsp3) is 0.846. The molecule has 0 aromatic carbocycles. The van der Waals surface area contributed by atoms with Gasteiger partial charge in [-0.2, -0.15) is 0 Å². The van der Waals surface area contributed by atoms with Gasteiger partial charge < -0.3 is 4.74 Å². The Labute approximate surface area is 98.6 Å². The van der Waals surface area contributed by atoms with Crippen molar-refractivity contribution in [2.75, 3.05) is 7.11 Å². The van der Waals surface area contributed by atoms with Crippen LogP contribution in [0.1, 0.15) is 52.9 Å². The van der Waals surface area contributed by atoms with Gasteiger partial charge >= 0.3 is 5.97 Å². The van der Waals surface area contributed by atoms with Gasteiger partial charge in [0.2, 0.25) is 0 Å². The molecule has 0 aromatic heterocycles. The summed E-state index contributed by atoms with van der Waals surface area (Å²) in [5, 5.41) is 0. The summed E-state index contributed by atoms with van der Waals surface area (Å²) in [5.74, 6) is -1.08. The van der Waals surface area contributed by atoms with Crippen molar-refractivity contribution in [2.45, 2.75) is 52.9 Å². The molecule has 0 heterocycles. The number of hydrogen-bond acceptors (Lipinski definition) is 3. The summed E-state index contributed by atoms with van der Waals surface area (Å²) in [6.45, 7) is 5.68. The molecular formula is C13H24O3. The summed E-state index contributed by atoms with van der Waals surface area (Å²) < 4.78 is 4.57. The number of methoxy groups -OCH3 is 1. The van der Waals surface area contributed by atoms with Crippen LogP contribution in [-0.4, -0.2) is 18.9 Å². The number of carbonyl (C=O) groups excluding carboxylic acids is 2. The van der Waals surface area contributed by atoms with Gasteiger partial charge in [0.05, 0.1) is 7.11 Å². The summed E-state index contributed by atoms with van der Waals surface area (Å²) >= 11 is 0. The molecule has 2 unspecified atom stereocenters. The fourth-order valence-electron chi connectivity index (χ4n) is 1.74. The molecule has 0 amide bonds. The summed E-state index contributed by atoms with van der Waals surface area (Å²) in [5.41, 5.74) is 0. The van der Waals surface area contributed by atoms with Gasteiger partial charge in [-0.15, -0.1) is 0 Å². The van der Waals surface area contributed by atoms with Gasteiger partial charge in [-0.05, 0) is 13.3 Å². The van der Waals surface area contributed by atoms with E-state index in [-0.39, 0.29) is 11.7 Å². The third-order valence-electron chi connectivity index (χ3n) is 2.96. The standard InChI is InChI=1S/C13H24O3/c1-5-6-7-8-9-10(2)12(14)11(3)13(15)16-4/h10-11H,5-9H2,1-4H3. The van der Waals surface area contributed by atoms with Gasteiger partial charge in [0, 0.05) is 5.92 Å². The number of rotatable bonds is 8. The molecule has 0 bridgehead atoms. The maximum absolute atomic E-state index is 11.8. The Morgan fingerprint density at radius 1 is 1.12 bits per heavy atom. The van der Waals surface area contributed by atoms with Crippen LogP contribution in [0.15, 0.2) is 0 Å². The first-order valence-corrected chi connectivity index (χ1v) is 6.16. The van der Waals surface area contributed by atoms with Crippen molar-refractivity contribution >= 4 is 11.8 Å². The minimum atomic E-state index is -0.619. The van der Waals surface area contributed by atoms with Crippen LogP contribution < -0.4 is 0 Å². The second-order valence-electron chi connectivity index (χ2n) is 4.40. The number of ketones is 1. The highest BCUT2D eigenvalue weighted by molar-refractivity contribution is 5.99. The third-order valence-corrected chi connectivity index (χ3v) is 2.96. The van der Waals surface area contributed by atoms with Crippen molar-refractivity contribution in [3.63, 3.8) is 0 Å². The first-order valence-electron chi connectivity index (χ1n) is 6.16. The van der Waals surface area contributed by atoms with Crippen LogP contribution in [-0.2, 0) is 14.3 Å². The highest BCUT2D eigenvalue weighted by Crippen LogP contribution is 2.16. The van der Waals surface area contributed by atoms with Gasteiger partial charge in [-0.25, -0.2) is 0 Å². The molecule has 0 saturated carbocycles. The second-order valence-corrected chi connectivity index (χ2v) is 4.40. The predicted octanol–water partition coefficient (Wildman–Crippen LogP) is 2.97. The zero-order chi connectivity index (χ0) is 12.6. The average Bonchev–Trinajstić information content (AvgIpc) is 2.31. The molecule has 0 spiro atoms. The van der Waals surface area contributed by atoms with Crippen molar-refractivity contribution in [1.29, 1.82) is 0 Å². The molecule has 16 heavy (non-hydrogen) atoms. The number of unbranched alkanes of at least 4 members (excludes halogenated alkanes) is 3. The van der Waals surface area contributed by atoms with Gasteiger partial charge in [0.1, 0.15) is 11.7 Å². The predicted molar refractivity (Wildman–Crippen MR) is 64.1 cm³/mol. The fourth-order valence-corrected chi connectivity index (χ4v) is 1.74. The third kappa shape index (κ3) is 5.29. The SMILES string of the molecule is CCCCCCC(C)C(=O)C(C)C(=O)OC. The van der Waals surface area contributed by atoms with E-state index in [1.54, 1.807) is 6.92 Å². The second kappa shape index (κ2) is 8.31. The number of carbonyl (C=O) groups is 2. The van der Waals surface area contributed by atoms with Gasteiger partial charge in [-0.1, -0.05) is 39.5 Å². The largest absolute Gasteiger partial charge is 0.468 e. The molecule has 0 saturated heterocycles. The van der Waals surface area contributed by atoms with E-state index in [0.29, 0.717) is 0 Å². The summed E-state index contributed by atoms with van der Waals surface area (Å²) in [6, 6.07) is 0. The Hall–Kier alpha value is -0.860. The number of Topliss-reactive ketones (excluding diaryl/α,β-unsaturated/α-hetero) is 1. The average molecular weight is 228 g/mol. The summed E-state index contributed by atoms with van der Waals surface area (Å²) in [7, 11) is 1.32. The Morgan fingerprint density at radius 3 is 2.25 bits per heavy atom. The lowest BCUT2D eigenvalue weighted by molar-refractivity contribution is -0.149. The molecule has 0 fully saturated rings. The normalized spacial score (nSPS) is 14.2. The Bertz CT molecular complexity index is 223. The van der Waals surface area contributed by atoms with Crippen LogP contribution in [0.2, 0.25) is 0 Å². The van der Waals surface area contributed by atoms with Crippen LogP contribution >= 0.6 is 0 Å². The first-order chi connectivity index (χ1) is 7.54. The van der Waals surface area contributed by atoms with Crippen LogP contribution in [0.25, 0.3) is 0 Å². The van der Waals surface area contributed by atoms with E-state index in [2.05, 4.69) is 11.7 Å². The molecule has 0 aliphatic carbocycles. The number of hydrogen-bond donors (Lipinski definition) is 0. The van der Waals surface area contributed by atoms with E-state index in [1.165, 1.54) is 26.4 Å². The molecule has 0 aliphatic rings. The zero-order valence-corrected chi connectivity index (χ0v) is 10.9. The molecule has 2 atom stereocenters. The first kappa shape index (κ1) is 15.1. The molecule has 3 nitrogen and oxygen atoms in total. The monoisotopic (exact) mass is 228 g/mol. The Kier molecular flexibility index (Phi) is 7.86. The zero-order valence-electron chi connectivity index (χ0n) is 10.9. The van der Waals surface area contributed by atoms with E-state index < -0.39 is 11.9 Å². The Balaban J connectivity index is 3.93.